The Labute approximate surface area is 168 Å². The van der Waals surface area contributed by atoms with Crippen molar-refractivity contribution in [3.05, 3.63) is 63.7 Å². The van der Waals surface area contributed by atoms with Crippen LogP contribution in [0, 0.1) is 10.1 Å². The normalized spacial score (nSPS) is 12.8. The fourth-order valence-electron chi connectivity index (χ4n) is 3.29. The van der Waals surface area contributed by atoms with Gasteiger partial charge in [-0.1, -0.05) is 12.1 Å². The van der Waals surface area contributed by atoms with Gasteiger partial charge in [-0.25, -0.2) is 0 Å². The number of carbonyl (C=O) groups is 2. The Kier molecular flexibility index (Phi) is 6.43. The van der Waals surface area contributed by atoms with Crippen LogP contribution in [0.3, 0.4) is 0 Å². The molecule has 0 aromatic heterocycles. The Morgan fingerprint density at radius 2 is 1.93 bits per heavy atom. The number of ether oxygens (including phenoxy) is 2. The molecule has 0 atom stereocenters. The maximum absolute atomic E-state index is 12.5. The molecular formula is C21H22N2O6. The van der Waals surface area contributed by atoms with Crippen LogP contribution in [-0.4, -0.2) is 37.1 Å². The number of non-ortho nitro benzene ring substituents is 1. The van der Waals surface area contributed by atoms with Gasteiger partial charge in [-0.2, -0.15) is 0 Å². The van der Waals surface area contributed by atoms with E-state index in [9.17, 15) is 19.7 Å². The third-order valence-electron chi connectivity index (χ3n) is 4.83. The predicted octanol–water partition coefficient (Wildman–Crippen LogP) is 3.06. The summed E-state index contributed by atoms with van der Waals surface area (Å²) in [5.41, 5.74) is 2.37. The van der Waals surface area contributed by atoms with Crippen LogP contribution in [0.2, 0.25) is 0 Å². The van der Waals surface area contributed by atoms with Gasteiger partial charge in [0.05, 0.1) is 12.0 Å². The van der Waals surface area contributed by atoms with Gasteiger partial charge < -0.3 is 14.4 Å². The second-order valence-corrected chi connectivity index (χ2v) is 6.73. The van der Waals surface area contributed by atoms with E-state index in [2.05, 4.69) is 0 Å². The number of aryl methyl sites for hydroxylation is 2. The predicted molar refractivity (Wildman–Crippen MR) is 106 cm³/mol. The van der Waals surface area contributed by atoms with E-state index in [1.54, 1.807) is 13.2 Å². The number of anilines is 1. The molecule has 3 rings (SSSR count). The molecular weight excluding hydrogens is 376 g/mol. The minimum atomic E-state index is -0.453. The van der Waals surface area contributed by atoms with E-state index in [-0.39, 0.29) is 24.6 Å². The number of esters is 1. The summed E-state index contributed by atoms with van der Waals surface area (Å²) in [7, 11) is 1.59. The summed E-state index contributed by atoms with van der Waals surface area (Å²) in [5.74, 6) is -0.0400. The monoisotopic (exact) mass is 398 g/mol. The van der Waals surface area contributed by atoms with Gasteiger partial charge in [0.25, 0.3) is 11.6 Å². The summed E-state index contributed by atoms with van der Waals surface area (Å²) in [4.78, 5) is 36.5. The average Bonchev–Trinajstić information content (AvgIpc) is 2.75. The van der Waals surface area contributed by atoms with Crippen LogP contribution in [0.4, 0.5) is 11.4 Å². The number of carbonyl (C=O) groups excluding carboxylic acids is 2. The molecule has 8 heteroatoms. The number of benzene rings is 2. The molecule has 0 saturated carbocycles. The fourth-order valence-corrected chi connectivity index (χ4v) is 3.29. The molecule has 0 unspecified atom stereocenters. The van der Waals surface area contributed by atoms with Crippen LogP contribution in [0.5, 0.6) is 5.75 Å². The van der Waals surface area contributed by atoms with Gasteiger partial charge in [0.1, 0.15) is 5.75 Å². The fraction of sp³-hybridized carbons (Fsp3) is 0.333. The number of fused-ring (bicyclic) bond motifs is 1. The van der Waals surface area contributed by atoms with Gasteiger partial charge in [0.15, 0.2) is 6.61 Å². The van der Waals surface area contributed by atoms with Crippen LogP contribution in [0.25, 0.3) is 0 Å². The molecule has 0 N–H and O–H groups in total. The summed E-state index contributed by atoms with van der Waals surface area (Å²) >= 11 is 0. The highest BCUT2D eigenvalue weighted by Gasteiger charge is 2.25. The smallest absolute Gasteiger partial charge is 0.306 e. The first-order valence-electron chi connectivity index (χ1n) is 9.34. The first-order chi connectivity index (χ1) is 14.0. The molecule has 0 saturated heterocycles. The zero-order valence-electron chi connectivity index (χ0n) is 16.1. The lowest BCUT2D eigenvalue weighted by atomic mass is 10.0. The molecule has 0 radical (unpaired) electrons. The number of amides is 1. The maximum atomic E-state index is 12.5. The summed E-state index contributed by atoms with van der Waals surface area (Å²) < 4.78 is 10.2. The molecule has 0 aliphatic carbocycles. The largest absolute Gasteiger partial charge is 0.497 e. The summed E-state index contributed by atoms with van der Waals surface area (Å²) in [6.07, 6.45) is 2.05. The van der Waals surface area contributed by atoms with Crippen molar-refractivity contribution in [1.82, 2.24) is 0 Å². The number of hydrogen-bond acceptors (Lipinski definition) is 6. The molecule has 1 heterocycles. The zero-order chi connectivity index (χ0) is 20.8. The SMILES string of the molecule is COc1ccc(CCC(=O)OCC(=O)N2CCCc3cc([N+](=O)[O-])ccc32)cc1. The molecule has 1 aliphatic heterocycles. The topological polar surface area (TPSA) is 99.0 Å². The number of nitrogens with zero attached hydrogens (tertiary/aromatic N) is 2. The minimum Gasteiger partial charge on any atom is -0.497 e. The van der Waals surface area contributed by atoms with E-state index in [1.165, 1.54) is 17.0 Å². The number of nitro benzene ring substituents is 1. The van der Waals surface area contributed by atoms with Gasteiger partial charge in [-0.15, -0.1) is 0 Å². The van der Waals surface area contributed by atoms with Crippen molar-refractivity contribution in [3.8, 4) is 5.75 Å². The summed E-state index contributed by atoms with van der Waals surface area (Å²) in [6, 6.07) is 11.9. The van der Waals surface area contributed by atoms with E-state index in [4.69, 9.17) is 9.47 Å². The number of rotatable bonds is 7. The highest BCUT2D eigenvalue weighted by molar-refractivity contribution is 5.96. The van der Waals surface area contributed by atoms with Crippen molar-refractivity contribution >= 4 is 23.3 Å². The van der Waals surface area contributed by atoms with E-state index in [0.29, 0.717) is 31.5 Å². The highest BCUT2D eigenvalue weighted by Crippen LogP contribution is 2.30. The number of nitro groups is 1. The number of methoxy groups -OCH3 is 1. The molecule has 1 amide bonds. The van der Waals surface area contributed by atoms with Crippen LogP contribution < -0.4 is 9.64 Å². The first-order valence-corrected chi connectivity index (χ1v) is 9.34. The van der Waals surface area contributed by atoms with Crippen LogP contribution in [0.1, 0.15) is 24.0 Å². The lowest BCUT2D eigenvalue weighted by molar-refractivity contribution is -0.384. The second kappa shape index (κ2) is 9.18. The standard InChI is InChI=1S/C21H22N2O6/c1-28-18-8-4-15(5-9-18)6-11-21(25)29-14-20(24)22-12-2-3-16-13-17(23(26)27)7-10-19(16)22/h4-5,7-10,13H,2-3,6,11-12,14H2,1H3. The van der Waals surface area contributed by atoms with Crippen molar-refractivity contribution in [1.29, 1.82) is 0 Å². The van der Waals surface area contributed by atoms with E-state index in [1.807, 2.05) is 24.3 Å². The van der Waals surface area contributed by atoms with Crippen LogP contribution in [0.15, 0.2) is 42.5 Å². The Hall–Kier alpha value is -3.42. The summed E-state index contributed by atoms with van der Waals surface area (Å²) in [6.45, 7) is 0.144. The summed E-state index contributed by atoms with van der Waals surface area (Å²) in [5, 5.41) is 10.9. The second-order valence-electron chi connectivity index (χ2n) is 6.73. The molecule has 29 heavy (non-hydrogen) atoms. The Balaban J connectivity index is 1.53. The van der Waals surface area contributed by atoms with Gasteiger partial charge in [0, 0.05) is 30.8 Å². The third kappa shape index (κ3) is 5.10. The van der Waals surface area contributed by atoms with Gasteiger partial charge in [-0.05, 0) is 48.6 Å². The lowest BCUT2D eigenvalue weighted by Gasteiger charge is -2.29. The molecule has 2 aromatic rings. The van der Waals surface area contributed by atoms with Gasteiger partial charge in [0.2, 0.25) is 0 Å². The van der Waals surface area contributed by atoms with Gasteiger partial charge >= 0.3 is 5.97 Å². The van der Waals surface area contributed by atoms with E-state index >= 15 is 0 Å². The van der Waals surface area contributed by atoms with E-state index in [0.717, 1.165) is 16.9 Å². The highest BCUT2D eigenvalue weighted by atomic mass is 16.6. The molecule has 152 valence electrons. The molecule has 1 aliphatic rings. The van der Waals surface area contributed by atoms with Crippen molar-refractivity contribution < 1.29 is 24.0 Å². The van der Waals surface area contributed by atoms with Gasteiger partial charge in [-0.3, -0.25) is 19.7 Å². The van der Waals surface area contributed by atoms with Crippen molar-refractivity contribution in [2.75, 3.05) is 25.2 Å². The lowest BCUT2D eigenvalue weighted by Crippen LogP contribution is -2.38. The first kappa shape index (κ1) is 20.3. The Morgan fingerprint density at radius 1 is 1.17 bits per heavy atom. The quantitative estimate of drug-likeness (QED) is 0.404. The van der Waals surface area contributed by atoms with Crippen molar-refractivity contribution in [2.24, 2.45) is 0 Å². The Morgan fingerprint density at radius 3 is 2.62 bits per heavy atom. The number of hydrogen-bond donors (Lipinski definition) is 0. The Bertz CT molecular complexity index is 910. The third-order valence-corrected chi connectivity index (χ3v) is 4.83. The van der Waals surface area contributed by atoms with Crippen molar-refractivity contribution in [3.63, 3.8) is 0 Å². The average molecular weight is 398 g/mol. The molecule has 0 spiro atoms. The van der Waals surface area contributed by atoms with E-state index < -0.39 is 10.9 Å². The van der Waals surface area contributed by atoms with Crippen LogP contribution >= 0.6 is 0 Å². The minimum absolute atomic E-state index is 0.00279. The maximum Gasteiger partial charge on any atom is 0.306 e. The van der Waals surface area contributed by atoms with Crippen LogP contribution in [-0.2, 0) is 27.2 Å². The zero-order valence-corrected chi connectivity index (χ0v) is 16.1. The van der Waals surface area contributed by atoms with Crippen molar-refractivity contribution in [2.45, 2.75) is 25.7 Å². The molecule has 0 bridgehead atoms. The molecule has 8 nitrogen and oxygen atoms in total. The molecule has 2 aromatic carbocycles. The molecule has 0 fully saturated rings.